The van der Waals surface area contributed by atoms with Gasteiger partial charge >= 0.3 is 0 Å². The van der Waals surface area contributed by atoms with Crippen molar-refractivity contribution in [1.29, 1.82) is 0 Å². The Morgan fingerprint density at radius 3 is 3.08 bits per heavy atom. The van der Waals surface area contributed by atoms with Gasteiger partial charge in [0.15, 0.2) is 0 Å². The van der Waals surface area contributed by atoms with E-state index in [4.69, 9.17) is 4.74 Å². The van der Waals surface area contributed by atoms with Gasteiger partial charge in [-0.25, -0.2) is 0 Å². The van der Waals surface area contributed by atoms with E-state index < -0.39 is 0 Å². The highest BCUT2D eigenvalue weighted by Crippen LogP contribution is 2.26. The number of amides is 1. The van der Waals surface area contributed by atoms with Crippen LogP contribution in [0.4, 0.5) is 0 Å². The Morgan fingerprint density at radius 2 is 2.28 bits per heavy atom. The number of thiophene rings is 1. The Labute approximate surface area is 151 Å². The number of fused-ring (bicyclic) bond motifs is 1. The van der Waals surface area contributed by atoms with E-state index in [9.17, 15) is 4.79 Å². The van der Waals surface area contributed by atoms with Crippen LogP contribution >= 0.6 is 11.3 Å². The van der Waals surface area contributed by atoms with Crippen molar-refractivity contribution in [1.82, 2.24) is 9.88 Å². The largest absolute Gasteiger partial charge is 0.376 e. The Bertz CT molecular complexity index is 890. The fourth-order valence-corrected chi connectivity index (χ4v) is 4.25. The van der Waals surface area contributed by atoms with E-state index in [0.717, 1.165) is 35.4 Å². The second-order valence-electron chi connectivity index (χ2n) is 6.62. The molecule has 0 spiro atoms. The van der Waals surface area contributed by atoms with Crippen molar-refractivity contribution in [2.24, 2.45) is 0 Å². The number of ether oxygens (including phenoxy) is 1. The highest BCUT2D eigenvalue weighted by molar-refractivity contribution is 7.17. The van der Waals surface area contributed by atoms with E-state index in [-0.39, 0.29) is 12.0 Å². The molecular weight excluding hydrogens is 332 g/mol. The number of benzene rings is 1. The lowest BCUT2D eigenvalue weighted by atomic mass is 10.1. The molecule has 4 rings (SSSR count). The molecule has 25 heavy (non-hydrogen) atoms. The first-order valence-corrected chi connectivity index (χ1v) is 9.61. The van der Waals surface area contributed by atoms with Crippen LogP contribution in [0.2, 0.25) is 0 Å². The second-order valence-corrected chi connectivity index (χ2v) is 7.57. The molecule has 3 heterocycles. The van der Waals surface area contributed by atoms with Crippen molar-refractivity contribution < 1.29 is 9.53 Å². The number of nitrogens with zero attached hydrogens (tertiary/aromatic N) is 1. The molecule has 1 unspecified atom stereocenters. The summed E-state index contributed by atoms with van der Waals surface area (Å²) in [5.41, 5.74) is 4.28. The molecule has 0 saturated carbocycles. The van der Waals surface area contributed by atoms with Gasteiger partial charge in [-0.2, -0.15) is 0 Å². The van der Waals surface area contributed by atoms with E-state index in [1.54, 1.807) is 11.3 Å². The van der Waals surface area contributed by atoms with Gasteiger partial charge < -0.3 is 14.6 Å². The van der Waals surface area contributed by atoms with Crippen LogP contribution in [0.1, 0.15) is 34.5 Å². The minimum atomic E-state index is -0.0217. The maximum absolute atomic E-state index is 12.8. The standard InChI is InChI=1S/C20H22N2O2S/c1-14-4-2-5-15(10-14)13-22-17-7-9-25-19(17)11-18(22)20(23)21-12-16-6-3-8-24-16/h2,4-5,7,9-11,16H,3,6,8,12-13H2,1H3,(H,21,23). The monoisotopic (exact) mass is 354 g/mol. The average molecular weight is 354 g/mol. The van der Waals surface area contributed by atoms with E-state index in [0.29, 0.717) is 13.1 Å². The van der Waals surface area contributed by atoms with Crippen LogP contribution in [0.3, 0.4) is 0 Å². The van der Waals surface area contributed by atoms with Crippen LogP contribution < -0.4 is 5.32 Å². The first-order valence-electron chi connectivity index (χ1n) is 8.73. The van der Waals surface area contributed by atoms with Crippen molar-refractivity contribution in [2.45, 2.75) is 32.4 Å². The summed E-state index contributed by atoms with van der Waals surface area (Å²) in [5.74, 6) is -0.0217. The lowest BCUT2D eigenvalue weighted by Crippen LogP contribution is -2.33. The fourth-order valence-electron chi connectivity index (χ4n) is 3.43. The third-order valence-corrected chi connectivity index (χ3v) is 5.55. The molecule has 1 aromatic carbocycles. The quantitative estimate of drug-likeness (QED) is 0.753. The van der Waals surface area contributed by atoms with Crippen molar-refractivity contribution in [3.8, 4) is 0 Å². The van der Waals surface area contributed by atoms with Gasteiger partial charge in [0.1, 0.15) is 5.69 Å². The molecule has 1 aliphatic heterocycles. The molecule has 0 aliphatic carbocycles. The Kier molecular flexibility index (Phi) is 4.59. The van der Waals surface area contributed by atoms with Gasteiger partial charge in [-0.15, -0.1) is 11.3 Å². The van der Waals surface area contributed by atoms with Gasteiger partial charge in [-0.3, -0.25) is 4.79 Å². The summed E-state index contributed by atoms with van der Waals surface area (Å²) in [6.07, 6.45) is 2.27. The second kappa shape index (κ2) is 7.02. The summed E-state index contributed by atoms with van der Waals surface area (Å²) in [7, 11) is 0. The molecule has 4 nitrogen and oxygen atoms in total. The maximum Gasteiger partial charge on any atom is 0.268 e. The van der Waals surface area contributed by atoms with Gasteiger partial charge in [0.05, 0.1) is 16.3 Å². The summed E-state index contributed by atoms with van der Waals surface area (Å²) < 4.78 is 8.87. The minimum Gasteiger partial charge on any atom is -0.376 e. The SMILES string of the molecule is Cc1cccc(Cn2c(C(=O)NCC3CCCO3)cc3sccc32)c1. The van der Waals surface area contributed by atoms with Crippen LogP contribution in [0.15, 0.2) is 41.8 Å². The van der Waals surface area contributed by atoms with Gasteiger partial charge in [0, 0.05) is 19.7 Å². The summed E-state index contributed by atoms with van der Waals surface area (Å²) in [5, 5.41) is 5.12. The van der Waals surface area contributed by atoms with Gasteiger partial charge in [0.25, 0.3) is 5.91 Å². The number of aryl methyl sites for hydroxylation is 1. The molecule has 1 aliphatic rings. The van der Waals surface area contributed by atoms with Crippen LogP contribution in [0.5, 0.6) is 0 Å². The summed E-state index contributed by atoms with van der Waals surface area (Å²) >= 11 is 1.67. The number of carbonyl (C=O) groups excluding carboxylic acids is 1. The molecule has 0 bridgehead atoms. The molecule has 3 aromatic rings. The van der Waals surface area contributed by atoms with Gasteiger partial charge in [-0.1, -0.05) is 29.8 Å². The lowest BCUT2D eigenvalue weighted by molar-refractivity contribution is 0.0851. The first-order chi connectivity index (χ1) is 12.2. The molecule has 1 saturated heterocycles. The van der Waals surface area contributed by atoms with Crippen LogP contribution in [0, 0.1) is 6.92 Å². The number of hydrogen-bond acceptors (Lipinski definition) is 3. The lowest BCUT2D eigenvalue weighted by Gasteiger charge is -2.13. The molecule has 0 radical (unpaired) electrons. The van der Waals surface area contributed by atoms with Crippen molar-refractivity contribution in [3.63, 3.8) is 0 Å². The predicted molar refractivity (Wildman–Crippen MR) is 101 cm³/mol. The van der Waals surface area contributed by atoms with Crippen LogP contribution in [-0.4, -0.2) is 29.7 Å². The first kappa shape index (κ1) is 16.4. The molecular formula is C20H22N2O2S. The number of nitrogens with one attached hydrogen (secondary N) is 1. The van der Waals surface area contributed by atoms with Gasteiger partial charge in [0.2, 0.25) is 0 Å². The average Bonchev–Trinajstić information content (AvgIpc) is 3.31. The van der Waals surface area contributed by atoms with Gasteiger partial charge in [-0.05, 0) is 42.8 Å². The topological polar surface area (TPSA) is 43.3 Å². The Balaban J connectivity index is 1.59. The third kappa shape index (κ3) is 3.48. The fraction of sp³-hybridized carbons (Fsp3) is 0.350. The maximum atomic E-state index is 12.8. The zero-order chi connectivity index (χ0) is 17.2. The zero-order valence-corrected chi connectivity index (χ0v) is 15.1. The number of aromatic nitrogens is 1. The number of hydrogen-bond donors (Lipinski definition) is 1. The molecule has 1 amide bonds. The third-order valence-electron chi connectivity index (χ3n) is 4.69. The van der Waals surface area contributed by atoms with E-state index in [1.807, 2.05) is 6.07 Å². The summed E-state index contributed by atoms with van der Waals surface area (Å²) in [6, 6.07) is 12.5. The number of carbonyl (C=O) groups is 1. The molecule has 1 atom stereocenters. The van der Waals surface area contributed by atoms with Crippen molar-refractivity contribution >= 4 is 27.5 Å². The zero-order valence-electron chi connectivity index (χ0n) is 14.3. The van der Waals surface area contributed by atoms with E-state index >= 15 is 0 Å². The van der Waals surface area contributed by atoms with E-state index in [2.05, 4.69) is 52.5 Å². The molecule has 1 fully saturated rings. The van der Waals surface area contributed by atoms with E-state index in [1.165, 1.54) is 11.1 Å². The number of rotatable bonds is 5. The molecule has 130 valence electrons. The Hall–Kier alpha value is -2.11. The summed E-state index contributed by atoms with van der Waals surface area (Å²) in [6.45, 7) is 4.18. The highest BCUT2D eigenvalue weighted by Gasteiger charge is 2.20. The predicted octanol–water partition coefficient (Wildman–Crippen LogP) is 3.97. The minimum absolute atomic E-state index is 0.0217. The summed E-state index contributed by atoms with van der Waals surface area (Å²) in [4.78, 5) is 12.8. The van der Waals surface area contributed by atoms with Crippen molar-refractivity contribution in [2.75, 3.05) is 13.2 Å². The van der Waals surface area contributed by atoms with Crippen LogP contribution in [-0.2, 0) is 11.3 Å². The highest BCUT2D eigenvalue weighted by atomic mass is 32.1. The normalized spacial score (nSPS) is 17.2. The van der Waals surface area contributed by atoms with Crippen molar-refractivity contribution in [3.05, 3.63) is 58.6 Å². The van der Waals surface area contributed by atoms with Crippen LogP contribution in [0.25, 0.3) is 10.2 Å². The Morgan fingerprint density at radius 1 is 1.36 bits per heavy atom. The molecule has 5 heteroatoms. The molecule has 2 aromatic heterocycles. The smallest absolute Gasteiger partial charge is 0.268 e. The molecule has 1 N–H and O–H groups in total.